The van der Waals surface area contributed by atoms with E-state index >= 15 is 0 Å². The van der Waals surface area contributed by atoms with E-state index in [-0.39, 0.29) is 0 Å². The van der Waals surface area contributed by atoms with Crippen LogP contribution in [0.25, 0.3) is 11.1 Å². The van der Waals surface area contributed by atoms with Crippen LogP contribution >= 0.6 is 0 Å². The molecule has 160 valence electrons. The van der Waals surface area contributed by atoms with E-state index < -0.39 is 5.54 Å². The molecular weight excluding hydrogens is 404 g/mol. The minimum Gasteiger partial charge on any atom is -0.398 e. The van der Waals surface area contributed by atoms with Crippen LogP contribution in [0.4, 0.5) is 5.69 Å². The van der Waals surface area contributed by atoms with Crippen molar-refractivity contribution in [3.8, 4) is 11.1 Å². The van der Waals surface area contributed by atoms with Gasteiger partial charge in [0.1, 0.15) is 5.54 Å². The van der Waals surface area contributed by atoms with Crippen LogP contribution in [0.2, 0.25) is 0 Å². The summed E-state index contributed by atoms with van der Waals surface area (Å²) in [5.74, 6) is 0. The minimum absolute atomic E-state index is 0.579. The van der Waals surface area contributed by atoms with Crippen LogP contribution in [0, 0.1) is 5.41 Å². The Morgan fingerprint density at radius 1 is 0.697 bits per heavy atom. The van der Waals surface area contributed by atoms with Gasteiger partial charge in [0.2, 0.25) is 0 Å². The standard InChI is InChI=1S/C29H24N4/c30-19-23-17-16-22(18-28(23)31)24-20-32-33(21-24)29(25-10-4-1-5-11-25,26-12-6-2-7-13-26)27-14-8-3-9-15-27/h1-21,30H,31H2. The number of nitrogens with zero attached hydrogens (tertiary/aromatic N) is 2. The zero-order valence-electron chi connectivity index (χ0n) is 18.1. The molecule has 5 rings (SSSR count). The van der Waals surface area contributed by atoms with Gasteiger partial charge in [0.05, 0.1) is 6.20 Å². The zero-order chi connectivity index (χ0) is 22.7. The van der Waals surface area contributed by atoms with Crippen LogP contribution < -0.4 is 5.73 Å². The van der Waals surface area contributed by atoms with Gasteiger partial charge in [-0.2, -0.15) is 5.10 Å². The van der Waals surface area contributed by atoms with Crippen LogP contribution in [0.3, 0.4) is 0 Å². The van der Waals surface area contributed by atoms with Gasteiger partial charge in [-0.1, -0.05) is 103 Å². The van der Waals surface area contributed by atoms with Crippen molar-refractivity contribution in [3.05, 3.63) is 144 Å². The molecule has 0 bridgehead atoms. The van der Waals surface area contributed by atoms with Gasteiger partial charge in [0, 0.05) is 29.2 Å². The van der Waals surface area contributed by atoms with Crippen molar-refractivity contribution in [1.29, 1.82) is 5.41 Å². The molecule has 1 heterocycles. The van der Waals surface area contributed by atoms with Gasteiger partial charge < -0.3 is 11.1 Å². The average Bonchev–Trinajstić information content (AvgIpc) is 3.37. The van der Waals surface area contributed by atoms with Crippen molar-refractivity contribution >= 4 is 11.9 Å². The number of nitrogen functional groups attached to an aromatic ring is 1. The quantitative estimate of drug-likeness (QED) is 0.199. The van der Waals surface area contributed by atoms with E-state index in [1.165, 1.54) is 6.21 Å². The summed E-state index contributed by atoms with van der Waals surface area (Å²) in [6.07, 6.45) is 5.22. The molecule has 0 aliphatic heterocycles. The number of benzene rings is 4. The largest absolute Gasteiger partial charge is 0.398 e. The first-order chi connectivity index (χ1) is 16.2. The number of hydrogen-bond acceptors (Lipinski definition) is 3. The summed E-state index contributed by atoms with van der Waals surface area (Å²) in [6.45, 7) is 0. The van der Waals surface area contributed by atoms with Crippen LogP contribution in [-0.4, -0.2) is 16.0 Å². The second-order valence-corrected chi connectivity index (χ2v) is 7.97. The second kappa shape index (κ2) is 8.60. The van der Waals surface area contributed by atoms with Gasteiger partial charge in [-0.15, -0.1) is 0 Å². The fourth-order valence-electron chi connectivity index (χ4n) is 4.48. The molecule has 0 unspecified atom stereocenters. The number of rotatable bonds is 6. The van der Waals surface area contributed by atoms with Gasteiger partial charge >= 0.3 is 0 Å². The SMILES string of the molecule is N=Cc1ccc(-c2cnn(C(c3ccccc3)(c3ccccc3)c3ccccc3)c2)cc1N. The molecule has 4 nitrogen and oxygen atoms in total. The first kappa shape index (κ1) is 20.5. The average molecular weight is 429 g/mol. The third-order valence-corrected chi connectivity index (χ3v) is 6.08. The van der Waals surface area contributed by atoms with Crippen molar-refractivity contribution < 1.29 is 0 Å². The monoisotopic (exact) mass is 428 g/mol. The van der Waals surface area contributed by atoms with Crippen molar-refractivity contribution in [3.63, 3.8) is 0 Å². The molecule has 5 aromatic rings. The number of nitrogens with two attached hydrogens (primary N) is 1. The highest BCUT2D eigenvalue weighted by Gasteiger charge is 2.39. The lowest BCUT2D eigenvalue weighted by atomic mass is 9.77. The van der Waals surface area contributed by atoms with E-state index in [4.69, 9.17) is 16.2 Å². The maximum atomic E-state index is 7.51. The lowest BCUT2D eigenvalue weighted by Crippen LogP contribution is -2.38. The highest BCUT2D eigenvalue weighted by atomic mass is 15.3. The maximum Gasteiger partial charge on any atom is 0.138 e. The van der Waals surface area contributed by atoms with Crippen molar-refractivity contribution in [2.45, 2.75) is 5.54 Å². The lowest BCUT2D eigenvalue weighted by Gasteiger charge is -2.36. The molecule has 4 heteroatoms. The van der Waals surface area contributed by atoms with Crippen LogP contribution in [0.5, 0.6) is 0 Å². The summed E-state index contributed by atoms with van der Waals surface area (Å²) in [5.41, 5.74) is 12.1. The summed E-state index contributed by atoms with van der Waals surface area (Å²) < 4.78 is 2.04. The van der Waals surface area contributed by atoms with Gasteiger partial charge in [0.15, 0.2) is 0 Å². The number of aromatic nitrogens is 2. The molecular formula is C29H24N4. The van der Waals surface area contributed by atoms with Crippen molar-refractivity contribution in [1.82, 2.24) is 9.78 Å². The Labute approximate surface area is 193 Å². The van der Waals surface area contributed by atoms with Gasteiger partial charge in [-0.3, -0.25) is 4.68 Å². The summed E-state index contributed by atoms with van der Waals surface area (Å²) in [7, 11) is 0. The van der Waals surface area contributed by atoms with Crippen molar-refractivity contribution in [2.24, 2.45) is 0 Å². The molecule has 0 aliphatic rings. The fourth-order valence-corrected chi connectivity index (χ4v) is 4.48. The molecule has 0 amide bonds. The Hall–Kier alpha value is -4.44. The van der Waals surface area contributed by atoms with Gasteiger partial charge in [-0.25, -0.2) is 0 Å². The molecule has 0 atom stereocenters. The Bertz CT molecular complexity index is 1280. The topological polar surface area (TPSA) is 67.7 Å². The summed E-state index contributed by atoms with van der Waals surface area (Å²) in [5, 5.41) is 12.4. The Morgan fingerprint density at radius 3 is 1.67 bits per heavy atom. The van der Waals surface area contributed by atoms with Crippen LogP contribution in [-0.2, 0) is 5.54 Å². The van der Waals surface area contributed by atoms with Gasteiger partial charge in [-0.05, 0) is 28.3 Å². The summed E-state index contributed by atoms with van der Waals surface area (Å²) in [6, 6.07) is 37.2. The Kier molecular flexibility index (Phi) is 5.33. The van der Waals surface area contributed by atoms with Crippen molar-refractivity contribution in [2.75, 3.05) is 5.73 Å². The third-order valence-electron chi connectivity index (χ3n) is 6.08. The van der Waals surface area contributed by atoms with E-state index in [1.54, 1.807) is 0 Å². The molecule has 33 heavy (non-hydrogen) atoms. The van der Waals surface area contributed by atoms with E-state index in [2.05, 4.69) is 79.0 Å². The smallest absolute Gasteiger partial charge is 0.138 e. The molecule has 0 saturated carbocycles. The van der Waals surface area contributed by atoms with E-state index in [1.807, 2.05) is 47.3 Å². The molecule has 0 radical (unpaired) electrons. The summed E-state index contributed by atoms with van der Waals surface area (Å²) >= 11 is 0. The maximum absolute atomic E-state index is 7.51. The van der Waals surface area contributed by atoms with E-state index in [9.17, 15) is 0 Å². The fraction of sp³-hybridized carbons (Fsp3) is 0.0345. The minimum atomic E-state index is -0.650. The molecule has 0 aliphatic carbocycles. The Morgan fingerprint density at radius 2 is 1.21 bits per heavy atom. The highest BCUT2D eigenvalue weighted by molar-refractivity contribution is 5.87. The first-order valence-corrected chi connectivity index (χ1v) is 10.9. The molecule has 0 saturated heterocycles. The number of nitrogens with one attached hydrogen (secondary N) is 1. The molecule has 0 spiro atoms. The Balaban J connectivity index is 1.78. The van der Waals surface area contributed by atoms with Crippen LogP contribution in [0.1, 0.15) is 22.3 Å². The molecule has 4 aromatic carbocycles. The number of hydrogen-bond donors (Lipinski definition) is 2. The number of anilines is 1. The zero-order valence-corrected chi connectivity index (χ0v) is 18.1. The van der Waals surface area contributed by atoms with Crippen LogP contribution in [0.15, 0.2) is 122 Å². The molecule has 1 aromatic heterocycles. The first-order valence-electron chi connectivity index (χ1n) is 10.9. The second-order valence-electron chi connectivity index (χ2n) is 7.97. The lowest BCUT2D eigenvalue weighted by molar-refractivity contribution is 0.460. The molecule has 0 fully saturated rings. The normalized spacial score (nSPS) is 11.3. The van der Waals surface area contributed by atoms with Gasteiger partial charge in [0.25, 0.3) is 0 Å². The third kappa shape index (κ3) is 3.52. The van der Waals surface area contributed by atoms with E-state index in [0.29, 0.717) is 11.3 Å². The summed E-state index contributed by atoms with van der Waals surface area (Å²) in [4.78, 5) is 0. The predicted molar refractivity (Wildman–Crippen MR) is 135 cm³/mol. The van der Waals surface area contributed by atoms with E-state index in [0.717, 1.165) is 27.8 Å². The molecule has 3 N–H and O–H groups in total. The highest BCUT2D eigenvalue weighted by Crippen LogP contribution is 2.41. The predicted octanol–water partition coefficient (Wildman–Crippen LogP) is 5.97.